The number of non-ortho nitro benzene ring substituents is 1. The van der Waals surface area contributed by atoms with E-state index in [1.165, 1.54) is 25.3 Å². The van der Waals surface area contributed by atoms with E-state index in [0.717, 1.165) is 11.4 Å². The Balaban J connectivity index is 2.13. The van der Waals surface area contributed by atoms with E-state index >= 15 is 0 Å². The van der Waals surface area contributed by atoms with Crippen LogP contribution in [0.5, 0.6) is 11.5 Å². The molecule has 2 rings (SSSR count). The molecular weight excluding hydrogens is 274 g/mol. The first-order valence-corrected chi connectivity index (χ1v) is 6.22. The zero-order valence-electron chi connectivity index (χ0n) is 11.7. The minimum absolute atomic E-state index is 0.0468. The van der Waals surface area contributed by atoms with Gasteiger partial charge in [0, 0.05) is 24.9 Å². The Morgan fingerprint density at radius 3 is 2.67 bits per heavy atom. The summed E-state index contributed by atoms with van der Waals surface area (Å²) in [6, 6.07) is 7.91. The van der Waals surface area contributed by atoms with Gasteiger partial charge in [0.1, 0.15) is 12.4 Å². The fourth-order valence-electron chi connectivity index (χ4n) is 1.71. The van der Waals surface area contributed by atoms with Crippen LogP contribution in [0.25, 0.3) is 0 Å². The van der Waals surface area contributed by atoms with Crippen molar-refractivity contribution in [3.05, 3.63) is 52.2 Å². The topological polar surface area (TPSA) is 86.5 Å². The molecule has 0 saturated carbocycles. The molecular formula is C14H15N3O4. The van der Waals surface area contributed by atoms with Crippen molar-refractivity contribution in [1.82, 2.24) is 4.98 Å². The fourth-order valence-corrected chi connectivity index (χ4v) is 1.71. The SMILES string of the molecule is CNc1ccc(COc2cc([N+](=O)[O-])ccc2OC)cn1. The van der Waals surface area contributed by atoms with Gasteiger partial charge in [0.15, 0.2) is 11.5 Å². The van der Waals surface area contributed by atoms with Crippen molar-refractivity contribution >= 4 is 11.5 Å². The zero-order valence-corrected chi connectivity index (χ0v) is 11.7. The molecule has 21 heavy (non-hydrogen) atoms. The number of ether oxygens (including phenoxy) is 2. The van der Waals surface area contributed by atoms with Crippen LogP contribution in [0.15, 0.2) is 36.5 Å². The lowest BCUT2D eigenvalue weighted by Gasteiger charge is -2.10. The number of hydrogen-bond acceptors (Lipinski definition) is 6. The van der Waals surface area contributed by atoms with E-state index in [4.69, 9.17) is 9.47 Å². The molecule has 0 aliphatic carbocycles. The van der Waals surface area contributed by atoms with E-state index in [9.17, 15) is 10.1 Å². The van der Waals surface area contributed by atoms with Crippen LogP contribution in [-0.2, 0) is 6.61 Å². The van der Waals surface area contributed by atoms with Gasteiger partial charge >= 0.3 is 0 Å². The third-order valence-corrected chi connectivity index (χ3v) is 2.83. The predicted octanol–water partition coefficient (Wildman–Crippen LogP) is 2.62. The lowest BCUT2D eigenvalue weighted by molar-refractivity contribution is -0.385. The molecule has 0 saturated heterocycles. The number of benzene rings is 1. The van der Waals surface area contributed by atoms with Gasteiger partial charge in [-0.05, 0) is 12.1 Å². The highest BCUT2D eigenvalue weighted by Crippen LogP contribution is 2.31. The second-order valence-electron chi connectivity index (χ2n) is 4.18. The molecule has 2 aromatic rings. The minimum atomic E-state index is -0.477. The summed E-state index contributed by atoms with van der Waals surface area (Å²) >= 11 is 0. The van der Waals surface area contributed by atoms with Crippen molar-refractivity contribution in [2.75, 3.05) is 19.5 Å². The summed E-state index contributed by atoms with van der Waals surface area (Å²) in [6.07, 6.45) is 1.68. The first kappa shape index (κ1) is 14.6. The Kier molecular flexibility index (Phi) is 4.55. The first-order valence-electron chi connectivity index (χ1n) is 6.22. The molecule has 1 aromatic heterocycles. The zero-order chi connectivity index (χ0) is 15.2. The molecule has 7 nitrogen and oxygen atoms in total. The van der Waals surface area contributed by atoms with Gasteiger partial charge in [0.25, 0.3) is 5.69 Å². The Labute approximate surface area is 121 Å². The van der Waals surface area contributed by atoms with Crippen LogP contribution in [-0.4, -0.2) is 24.1 Å². The Hall–Kier alpha value is -2.83. The molecule has 0 spiro atoms. The lowest BCUT2D eigenvalue weighted by atomic mass is 10.2. The molecule has 1 aromatic carbocycles. The summed E-state index contributed by atoms with van der Waals surface area (Å²) in [4.78, 5) is 14.5. The van der Waals surface area contributed by atoms with Gasteiger partial charge in [0.05, 0.1) is 18.1 Å². The largest absolute Gasteiger partial charge is 0.493 e. The van der Waals surface area contributed by atoms with E-state index < -0.39 is 4.92 Å². The highest BCUT2D eigenvalue weighted by molar-refractivity contribution is 5.48. The number of hydrogen-bond donors (Lipinski definition) is 1. The monoisotopic (exact) mass is 289 g/mol. The number of nitro benzene ring substituents is 1. The Morgan fingerprint density at radius 2 is 2.10 bits per heavy atom. The third kappa shape index (κ3) is 3.59. The fraction of sp³-hybridized carbons (Fsp3) is 0.214. The number of methoxy groups -OCH3 is 1. The summed E-state index contributed by atoms with van der Waals surface area (Å²) in [6.45, 7) is 0.245. The minimum Gasteiger partial charge on any atom is -0.493 e. The van der Waals surface area contributed by atoms with Crippen LogP contribution in [0, 0.1) is 10.1 Å². The molecule has 110 valence electrons. The van der Waals surface area contributed by atoms with Crippen LogP contribution in [0.3, 0.4) is 0 Å². The van der Waals surface area contributed by atoms with Crippen molar-refractivity contribution in [2.45, 2.75) is 6.61 Å². The quantitative estimate of drug-likeness (QED) is 0.649. The number of nitrogens with one attached hydrogen (secondary N) is 1. The summed E-state index contributed by atoms with van der Waals surface area (Å²) in [5, 5.41) is 13.7. The maximum atomic E-state index is 10.8. The number of anilines is 1. The summed E-state index contributed by atoms with van der Waals surface area (Å²) in [5.74, 6) is 1.52. The first-order chi connectivity index (χ1) is 10.1. The lowest BCUT2D eigenvalue weighted by Crippen LogP contribution is -2.00. The number of rotatable bonds is 6. The highest BCUT2D eigenvalue weighted by atomic mass is 16.6. The van der Waals surface area contributed by atoms with Crippen LogP contribution in [0.2, 0.25) is 0 Å². The molecule has 0 atom stereocenters. The summed E-state index contributed by atoms with van der Waals surface area (Å²) in [5.41, 5.74) is 0.803. The molecule has 0 aliphatic rings. The van der Waals surface area contributed by atoms with Gasteiger partial charge in [0.2, 0.25) is 0 Å². The van der Waals surface area contributed by atoms with E-state index in [2.05, 4.69) is 10.3 Å². The Bertz CT molecular complexity index is 629. The molecule has 0 unspecified atom stereocenters. The van der Waals surface area contributed by atoms with Gasteiger partial charge in [-0.3, -0.25) is 10.1 Å². The maximum Gasteiger partial charge on any atom is 0.273 e. The van der Waals surface area contributed by atoms with Gasteiger partial charge in [-0.15, -0.1) is 0 Å². The second-order valence-corrected chi connectivity index (χ2v) is 4.18. The van der Waals surface area contributed by atoms with E-state index in [1.54, 1.807) is 13.2 Å². The van der Waals surface area contributed by atoms with Gasteiger partial charge in [-0.1, -0.05) is 6.07 Å². The average molecular weight is 289 g/mol. The van der Waals surface area contributed by atoms with Crippen LogP contribution < -0.4 is 14.8 Å². The summed E-state index contributed by atoms with van der Waals surface area (Å²) < 4.78 is 10.7. The van der Waals surface area contributed by atoms with Crippen LogP contribution >= 0.6 is 0 Å². The number of pyridine rings is 1. The second kappa shape index (κ2) is 6.56. The van der Waals surface area contributed by atoms with Crippen LogP contribution in [0.1, 0.15) is 5.56 Å². The molecule has 0 bridgehead atoms. The van der Waals surface area contributed by atoms with Crippen molar-refractivity contribution in [1.29, 1.82) is 0 Å². The van der Waals surface area contributed by atoms with Crippen molar-refractivity contribution in [3.8, 4) is 11.5 Å². The van der Waals surface area contributed by atoms with E-state index in [1.807, 2.05) is 12.1 Å². The third-order valence-electron chi connectivity index (χ3n) is 2.83. The summed E-state index contributed by atoms with van der Waals surface area (Å²) in [7, 11) is 3.27. The highest BCUT2D eigenvalue weighted by Gasteiger charge is 2.12. The van der Waals surface area contributed by atoms with Gasteiger partial charge in [-0.2, -0.15) is 0 Å². The number of aromatic nitrogens is 1. The molecule has 0 aliphatic heterocycles. The molecule has 0 amide bonds. The van der Waals surface area contributed by atoms with Crippen molar-refractivity contribution in [3.63, 3.8) is 0 Å². The number of nitrogens with zero attached hydrogens (tertiary/aromatic N) is 2. The standard InChI is InChI=1S/C14H15N3O4/c1-15-14-6-3-10(8-16-14)9-21-13-7-11(17(18)19)4-5-12(13)20-2/h3-8H,9H2,1-2H3,(H,15,16). The normalized spacial score (nSPS) is 10.0. The predicted molar refractivity (Wildman–Crippen MR) is 77.8 cm³/mol. The van der Waals surface area contributed by atoms with Crippen molar-refractivity contribution in [2.24, 2.45) is 0 Å². The Morgan fingerprint density at radius 1 is 1.29 bits per heavy atom. The maximum absolute atomic E-state index is 10.8. The van der Waals surface area contributed by atoms with Crippen molar-refractivity contribution < 1.29 is 14.4 Å². The molecule has 1 N–H and O–H groups in total. The van der Waals surface area contributed by atoms with E-state index in [0.29, 0.717) is 11.5 Å². The van der Waals surface area contributed by atoms with Gasteiger partial charge < -0.3 is 14.8 Å². The molecule has 0 radical (unpaired) electrons. The van der Waals surface area contributed by atoms with E-state index in [-0.39, 0.29) is 12.3 Å². The molecule has 7 heteroatoms. The molecule has 1 heterocycles. The average Bonchev–Trinajstić information content (AvgIpc) is 2.53. The number of nitro groups is 1. The molecule has 0 fully saturated rings. The smallest absolute Gasteiger partial charge is 0.273 e. The van der Waals surface area contributed by atoms with Crippen LogP contribution in [0.4, 0.5) is 11.5 Å². The van der Waals surface area contributed by atoms with Gasteiger partial charge in [-0.25, -0.2) is 4.98 Å².